The molecule has 1 aromatic heterocycles. The number of carbonyl (C=O) groups excluding carboxylic acids is 1. The van der Waals surface area contributed by atoms with Gasteiger partial charge in [0.1, 0.15) is 12.1 Å². The second-order valence-corrected chi connectivity index (χ2v) is 5.50. The molecule has 108 valence electrons. The van der Waals surface area contributed by atoms with Gasteiger partial charge < -0.3 is 20.3 Å². The smallest absolute Gasteiger partial charge is 0.248 e. The van der Waals surface area contributed by atoms with Gasteiger partial charge in [-0.2, -0.15) is 4.98 Å². The van der Waals surface area contributed by atoms with Gasteiger partial charge >= 0.3 is 0 Å². The fraction of sp³-hybridized carbons (Fsp3) is 0.750. The van der Waals surface area contributed by atoms with Gasteiger partial charge in [-0.25, -0.2) is 0 Å². The minimum atomic E-state index is -0.711. The molecule has 0 aliphatic heterocycles. The van der Waals surface area contributed by atoms with Crippen molar-refractivity contribution in [2.75, 3.05) is 13.7 Å². The van der Waals surface area contributed by atoms with E-state index in [0.717, 1.165) is 0 Å². The van der Waals surface area contributed by atoms with Crippen LogP contribution in [0.3, 0.4) is 0 Å². The maximum absolute atomic E-state index is 11.7. The highest BCUT2D eigenvalue weighted by atomic mass is 16.5. The third kappa shape index (κ3) is 4.29. The Balaban J connectivity index is 2.66. The summed E-state index contributed by atoms with van der Waals surface area (Å²) in [5.41, 5.74) is 5.43. The molecule has 0 radical (unpaired) electrons. The van der Waals surface area contributed by atoms with Gasteiger partial charge in [-0.15, -0.1) is 0 Å². The van der Waals surface area contributed by atoms with E-state index in [1.807, 2.05) is 20.8 Å². The lowest BCUT2D eigenvalue weighted by atomic mass is 9.96. The van der Waals surface area contributed by atoms with E-state index in [4.69, 9.17) is 15.0 Å². The standard InChI is InChI=1S/C12H22N4O3/c1-7(14-9(17)8(13)6-18-5)10-15-11(16-19-10)12(2,3)4/h7-8H,6,13H2,1-5H3,(H,14,17). The minimum absolute atomic E-state index is 0.162. The van der Waals surface area contributed by atoms with Crippen molar-refractivity contribution in [1.82, 2.24) is 15.5 Å². The molecule has 1 heterocycles. The molecule has 0 aliphatic rings. The maximum atomic E-state index is 11.7. The SMILES string of the molecule is COCC(N)C(=O)NC(C)c1nc(C(C)(C)C)no1. The number of hydrogen-bond acceptors (Lipinski definition) is 6. The zero-order valence-corrected chi connectivity index (χ0v) is 12.1. The second kappa shape index (κ2) is 6.12. The number of carbonyl (C=O) groups is 1. The molecule has 0 bridgehead atoms. The quantitative estimate of drug-likeness (QED) is 0.808. The van der Waals surface area contributed by atoms with E-state index in [-0.39, 0.29) is 24.0 Å². The molecule has 2 unspecified atom stereocenters. The molecule has 3 N–H and O–H groups in total. The first kappa shape index (κ1) is 15.6. The van der Waals surface area contributed by atoms with Crippen LogP contribution in [-0.4, -0.2) is 35.8 Å². The van der Waals surface area contributed by atoms with Crippen molar-refractivity contribution in [3.8, 4) is 0 Å². The lowest BCUT2D eigenvalue weighted by molar-refractivity contribution is -0.124. The summed E-state index contributed by atoms with van der Waals surface area (Å²) in [6, 6.07) is -1.10. The summed E-state index contributed by atoms with van der Waals surface area (Å²) in [4.78, 5) is 16.0. The van der Waals surface area contributed by atoms with Crippen LogP contribution in [0.4, 0.5) is 0 Å². The zero-order chi connectivity index (χ0) is 14.6. The number of nitrogens with one attached hydrogen (secondary N) is 1. The van der Waals surface area contributed by atoms with E-state index in [9.17, 15) is 4.79 Å². The summed E-state index contributed by atoms with van der Waals surface area (Å²) >= 11 is 0. The molecule has 0 aromatic carbocycles. The largest absolute Gasteiger partial charge is 0.383 e. The van der Waals surface area contributed by atoms with E-state index in [0.29, 0.717) is 11.7 Å². The van der Waals surface area contributed by atoms with Crippen LogP contribution in [0.2, 0.25) is 0 Å². The number of nitrogens with zero attached hydrogens (tertiary/aromatic N) is 2. The number of aromatic nitrogens is 2. The van der Waals surface area contributed by atoms with Crippen molar-refractivity contribution in [3.05, 3.63) is 11.7 Å². The van der Waals surface area contributed by atoms with E-state index in [1.165, 1.54) is 7.11 Å². The van der Waals surface area contributed by atoms with Crippen molar-refractivity contribution in [2.45, 2.75) is 45.2 Å². The molecule has 1 amide bonds. The predicted octanol–water partition coefficient (Wildman–Crippen LogP) is 0.518. The van der Waals surface area contributed by atoms with Crippen LogP contribution in [0.15, 0.2) is 4.52 Å². The van der Waals surface area contributed by atoms with Crippen molar-refractivity contribution < 1.29 is 14.1 Å². The van der Waals surface area contributed by atoms with Gasteiger partial charge in [-0.05, 0) is 6.92 Å². The molecule has 1 aromatic rings. The third-order valence-electron chi connectivity index (χ3n) is 2.52. The van der Waals surface area contributed by atoms with Crippen LogP contribution in [-0.2, 0) is 14.9 Å². The van der Waals surface area contributed by atoms with E-state index in [1.54, 1.807) is 6.92 Å². The van der Waals surface area contributed by atoms with Crippen LogP contribution in [0.25, 0.3) is 0 Å². The average Bonchev–Trinajstić information content (AvgIpc) is 2.78. The van der Waals surface area contributed by atoms with E-state index in [2.05, 4.69) is 15.5 Å². The maximum Gasteiger partial charge on any atom is 0.248 e. The molecule has 7 nitrogen and oxygen atoms in total. The minimum Gasteiger partial charge on any atom is -0.383 e. The number of hydrogen-bond donors (Lipinski definition) is 2. The summed E-state index contributed by atoms with van der Waals surface area (Å²) in [6.07, 6.45) is 0. The van der Waals surface area contributed by atoms with Gasteiger partial charge in [0.05, 0.1) is 6.61 Å². The van der Waals surface area contributed by atoms with Gasteiger partial charge in [0.15, 0.2) is 5.82 Å². The lowest BCUT2D eigenvalue weighted by Gasteiger charge is -2.14. The van der Waals surface area contributed by atoms with Gasteiger partial charge in [0.2, 0.25) is 11.8 Å². The Bertz CT molecular complexity index is 425. The first-order valence-corrected chi connectivity index (χ1v) is 6.14. The third-order valence-corrected chi connectivity index (χ3v) is 2.52. The molecular weight excluding hydrogens is 248 g/mol. The molecular formula is C12H22N4O3. The highest BCUT2D eigenvalue weighted by Crippen LogP contribution is 2.20. The van der Waals surface area contributed by atoms with Crippen molar-refractivity contribution >= 4 is 5.91 Å². The van der Waals surface area contributed by atoms with Gasteiger partial charge in [0.25, 0.3) is 0 Å². The zero-order valence-electron chi connectivity index (χ0n) is 12.1. The monoisotopic (exact) mass is 270 g/mol. The molecule has 7 heteroatoms. The molecule has 0 spiro atoms. The summed E-state index contributed by atoms with van der Waals surface area (Å²) in [5, 5.41) is 6.61. The van der Waals surface area contributed by atoms with Crippen LogP contribution < -0.4 is 11.1 Å². The second-order valence-electron chi connectivity index (χ2n) is 5.50. The van der Waals surface area contributed by atoms with Gasteiger partial charge in [-0.1, -0.05) is 25.9 Å². The molecule has 1 rings (SSSR count). The Kier molecular flexibility index (Phi) is 5.02. The molecule has 0 aliphatic carbocycles. The Morgan fingerprint density at radius 1 is 1.53 bits per heavy atom. The fourth-order valence-electron chi connectivity index (χ4n) is 1.35. The van der Waals surface area contributed by atoms with Crippen molar-refractivity contribution in [2.24, 2.45) is 5.73 Å². The van der Waals surface area contributed by atoms with Crippen LogP contribution >= 0.6 is 0 Å². The molecule has 0 saturated carbocycles. The van der Waals surface area contributed by atoms with Crippen LogP contribution in [0.1, 0.15) is 45.5 Å². The van der Waals surface area contributed by atoms with Crippen molar-refractivity contribution in [1.29, 1.82) is 0 Å². The Morgan fingerprint density at radius 2 is 2.16 bits per heavy atom. The lowest BCUT2D eigenvalue weighted by Crippen LogP contribution is -2.44. The number of ether oxygens (including phenoxy) is 1. The van der Waals surface area contributed by atoms with Gasteiger partial charge in [0, 0.05) is 12.5 Å². The average molecular weight is 270 g/mol. The Morgan fingerprint density at radius 3 is 2.63 bits per heavy atom. The fourth-order valence-corrected chi connectivity index (χ4v) is 1.35. The number of amides is 1. The predicted molar refractivity (Wildman–Crippen MR) is 69.4 cm³/mol. The van der Waals surface area contributed by atoms with E-state index >= 15 is 0 Å². The molecule has 0 fully saturated rings. The van der Waals surface area contributed by atoms with Crippen LogP contribution in [0.5, 0.6) is 0 Å². The number of nitrogens with two attached hydrogens (primary N) is 1. The normalized spacial score (nSPS) is 15.1. The first-order valence-electron chi connectivity index (χ1n) is 6.14. The first-order chi connectivity index (χ1) is 8.75. The summed E-state index contributed by atoms with van der Waals surface area (Å²) < 4.78 is 9.97. The molecule has 2 atom stereocenters. The Hall–Kier alpha value is -1.47. The van der Waals surface area contributed by atoms with Crippen LogP contribution in [0, 0.1) is 0 Å². The summed E-state index contributed by atoms with van der Waals surface area (Å²) in [7, 11) is 1.49. The highest BCUT2D eigenvalue weighted by Gasteiger charge is 2.24. The van der Waals surface area contributed by atoms with E-state index < -0.39 is 6.04 Å². The number of methoxy groups -OCH3 is 1. The molecule has 0 saturated heterocycles. The molecule has 19 heavy (non-hydrogen) atoms. The topological polar surface area (TPSA) is 103 Å². The van der Waals surface area contributed by atoms with Crippen molar-refractivity contribution in [3.63, 3.8) is 0 Å². The van der Waals surface area contributed by atoms with Gasteiger partial charge in [-0.3, -0.25) is 4.79 Å². The summed E-state index contributed by atoms with van der Waals surface area (Å²) in [5.74, 6) is 0.650. The number of rotatable bonds is 5. The summed E-state index contributed by atoms with van der Waals surface area (Å²) in [6.45, 7) is 7.88. The Labute approximate surface area is 112 Å². The highest BCUT2D eigenvalue weighted by molar-refractivity contribution is 5.81.